The summed E-state index contributed by atoms with van der Waals surface area (Å²) >= 11 is 5.83. The molecule has 0 spiro atoms. The van der Waals surface area contributed by atoms with Gasteiger partial charge in [-0.05, 0) is 11.8 Å². The Morgan fingerprint density at radius 3 is 2.27 bits per heavy atom. The minimum absolute atomic E-state index is 0.238. The van der Waals surface area contributed by atoms with E-state index in [-0.39, 0.29) is 5.41 Å². The average Bonchev–Trinajstić information content (AvgIpc) is 2.47. The summed E-state index contributed by atoms with van der Waals surface area (Å²) in [6, 6.07) is 0. The minimum atomic E-state index is 0.238. The average molecular weight is 230 g/mol. The molecule has 4 heteroatoms. The predicted molar refractivity (Wildman–Crippen MR) is 63.0 cm³/mol. The van der Waals surface area contributed by atoms with Crippen LogP contribution < -0.4 is 0 Å². The van der Waals surface area contributed by atoms with Crippen molar-refractivity contribution in [3.05, 3.63) is 11.6 Å². The summed E-state index contributed by atoms with van der Waals surface area (Å²) in [5.74, 6) is 2.38. The summed E-state index contributed by atoms with van der Waals surface area (Å²) in [6.07, 6.45) is 2.02. The fourth-order valence-corrected chi connectivity index (χ4v) is 1.76. The highest BCUT2D eigenvalue weighted by atomic mass is 35.5. The van der Waals surface area contributed by atoms with Gasteiger partial charge in [-0.15, -0.1) is 21.8 Å². The molecule has 0 fully saturated rings. The van der Waals surface area contributed by atoms with Gasteiger partial charge < -0.3 is 4.57 Å². The Morgan fingerprint density at radius 1 is 1.20 bits per heavy atom. The van der Waals surface area contributed by atoms with Crippen LogP contribution in [0, 0.1) is 5.41 Å². The van der Waals surface area contributed by atoms with E-state index in [1.54, 1.807) is 0 Å². The molecular weight excluding hydrogens is 210 g/mol. The first-order valence-corrected chi connectivity index (χ1v) is 5.98. The zero-order valence-corrected chi connectivity index (χ0v) is 10.8. The second kappa shape index (κ2) is 4.97. The molecule has 1 aromatic rings. The summed E-state index contributed by atoms with van der Waals surface area (Å²) in [5.41, 5.74) is 0.238. The normalized spacial score (nSPS) is 12.1. The van der Waals surface area contributed by atoms with Crippen LogP contribution in [0.2, 0.25) is 0 Å². The van der Waals surface area contributed by atoms with E-state index >= 15 is 0 Å². The summed E-state index contributed by atoms with van der Waals surface area (Å²) < 4.78 is 2.15. The number of alkyl halides is 1. The Morgan fingerprint density at radius 2 is 1.80 bits per heavy atom. The fraction of sp³-hybridized carbons (Fsp3) is 0.818. The highest BCUT2D eigenvalue weighted by Gasteiger charge is 2.18. The third kappa shape index (κ3) is 3.49. The molecule has 3 nitrogen and oxygen atoms in total. The predicted octanol–water partition coefficient (Wildman–Crippen LogP) is 3.02. The van der Waals surface area contributed by atoms with E-state index in [0.717, 1.165) is 31.0 Å². The van der Waals surface area contributed by atoms with Crippen LogP contribution in [0.1, 0.15) is 45.8 Å². The molecule has 0 aliphatic rings. The van der Waals surface area contributed by atoms with Crippen molar-refractivity contribution in [1.82, 2.24) is 14.8 Å². The van der Waals surface area contributed by atoms with Crippen molar-refractivity contribution in [2.75, 3.05) is 0 Å². The quantitative estimate of drug-likeness (QED) is 0.744. The fourth-order valence-electron chi connectivity index (χ4n) is 1.56. The first kappa shape index (κ1) is 12.5. The molecule has 0 saturated carbocycles. The van der Waals surface area contributed by atoms with E-state index in [4.69, 9.17) is 11.6 Å². The van der Waals surface area contributed by atoms with Gasteiger partial charge >= 0.3 is 0 Å². The lowest BCUT2D eigenvalue weighted by Gasteiger charge is -2.18. The van der Waals surface area contributed by atoms with Gasteiger partial charge in [-0.2, -0.15) is 0 Å². The third-order valence-electron chi connectivity index (χ3n) is 2.16. The molecule has 0 amide bonds. The van der Waals surface area contributed by atoms with Crippen LogP contribution >= 0.6 is 11.6 Å². The van der Waals surface area contributed by atoms with E-state index in [1.165, 1.54) is 0 Å². The molecule has 0 unspecified atom stereocenters. The lowest BCUT2D eigenvalue weighted by molar-refractivity contribution is 0.390. The summed E-state index contributed by atoms with van der Waals surface area (Å²) in [5, 5.41) is 8.34. The topological polar surface area (TPSA) is 30.7 Å². The maximum atomic E-state index is 5.83. The number of nitrogens with zero attached hydrogens (tertiary/aromatic N) is 3. The van der Waals surface area contributed by atoms with E-state index in [1.807, 2.05) is 0 Å². The number of aromatic nitrogens is 3. The maximum Gasteiger partial charge on any atom is 0.147 e. The van der Waals surface area contributed by atoms with Gasteiger partial charge in [0, 0.05) is 13.0 Å². The minimum Gasteiger partial charge on any atom is -0.314 e. The van der Waals surface area contributed by atoms with Crippen LogP contribution in [-0.2, 0) is 18.8 Å². The third-order valence-corrected chi connectivity index (χ3v) is 2.40. The van der Waals surface area contributed by atoms with E-state index < -0.39 is 0 Å². The Bertz CT molecular complexity index is 312. The molecule has 0 N–H and O–H groups in total. The lowest BCUT2D eigenvalue weighted by Crippen LogP contribution is -2.15. The first-order valence-electron chi connectivity index (χ1n) is 5.45. The van der Waals surface area contributed by atoms with Crippen molar-refractivity contribution >= 4 is 11.6 Å². The molecule has 15 heavy (non-hydrogen) atoms. The number of hydrogen-bond acceptors (Lipinski definition) is 2. The molecule has 0 saturated heterocycles. The maximum absolute atomic E-state index is 5.83. The van der Waals surface area contributed by atoms with Gasteiger partial charge in [0.05, 0.1) is 5.88 Å². The van der Waals surface area contributed by atoms with Gasteiger partial charge in [0.2, 0.25) is 0 Å². The molecule has 0 aliphatic carbocycles. The van der Waals surface area contributed by atoms with E-state index in [0.29, 0.717) is 5.88 Å². The van der Waals surface area contributed by atoms with Crippen LogP contribution in [0.15, 0.2) is 0 Å². The molecular formula is C11H20ClN3. The molecule has 0 bridgehead atoms. The van der Waals surface area contributed by atoms with Crippen molar-refractivity contribution < 1.29 is 0 Å². The van der Waals surface area contributed by atoms with E-state index in [2.05, 4.69) is 42.5 Å². The Labute approximate surface area is 96.8 Å². The Balaban J connectivity index is 2.91. The Hall–Kier alpha value is -0.570. The second-order valence-electron chi connectivity index (χ2n) is 5.06. The second-order valence-corrected chi connectivity index (χ2v) is 5.32. The smallest absolute Gasteiger partial charge is 0.147 e. The van der Waals surface area contributed by atoms with Crippen molar-refractivity contribution in [3.63, 3.8) is 0 Å². The van der Waals surface area contributed by atoms with Gasteiger partial charge in [-0.3, -0.25) is 0 Å². The number of rotatable bonds is 4. The zero-order valence-electron chi connectivity index (χ0n) is 10.0. The lowest BCUT2D eigenvalue weighted by atomic mass is 9.92. The van der Waals surface area contributed by atoms with Gasteiger partial charge in [0.25, 0.3) is 0 Å². The highest BCUT2D eigenvalue weighted by molar-refractivity contribution is 6.16. The highest BCUT2D eigenvalue weighted by Crippen LogP contribution is 2.20. The summed E-state index contributed by atoms with van der Waals surface area (Å²) in [4.78, 5) is 0. The van der Waals surface area contributed by atoms with Crippen LogP contribution in [0.3, 0.4) is 0 Å². The Kier molecular flexibility index (Phi) is 4.14. The molecule has 0 radical (unpaired) electrons. The van der Waals surface area contributed by atoms with Crippen molar-refractivity contribution in [3.8, 4) is 0 Å². The molecule has 0 atom stereocenters. The van der Waals surface area contributed by atoms with Crippen LogP contribution in [0.25, 0.3) is 0 Å². The number of halogens is 1. The monoisotopic (exact) mass is 229 g/mol. The summed E-state index contributed by atoms with van der Waals surface area (Å²) in [6.45, 7) is 9.73. The molecule has 1 aromatic heterocycles. The van der Waals surface area contributed by atoms with Gasteiger partial charge in [0.1, 0.15) is 11.6 Å². The van der Waals surface area contributed by atoms with Gasteiger partial charge in [-0.25, -0.2) is 0 Å². The summed E-state index contributed by atoms with van der Waals surface area (Å²) in [7, 11) is 0. The molecule has 86 valence electrons. The molecule has 0 aromatic carbocycles. The van der Waals surface area contributed by atoms with E-state index in [9.17, 15) is 0 Å². The molecule has 1 rings (SSSR count). The molecule has 1 heterocycles. The van der Waals surface area contributed by atoms with Crippen molar-refractivity contribution in [2.24, 2.45) is 5.41 Å². The largest absolute Gasteiger partial charge is 0.314 e. The zero-order chi connectivity index (χ0) is 11.5. The SMILES string of the molecule is CCCn1c(CCl)nnc1CC(C)(C)C. The van der Waals surface area contributed by atoms with Crippen LogP contribution in [0.5, 0.6) is 0 Å². The van der Waals surface area contributed by atoms with Crippen molar-refractivity contribution in [2.45, 2.75) is 53.0 Å². The van der Waals surface area contributed by atoms with Crippen LogP contribution in [-0.4, -0.2) is 14.8 Å². The standard InChI is InChI=1S/C11H20ClN3/c1-5-6-15-9(7-11(2,3)4)13-14-10(15)8-12/h5-8H2,1-4H3. The number of hydrogen-bond donors (Lipinski definition) is 0. The van der Waals surface area contributed by atoms with Gasteiger partial charge in [-0.1, -0.05) is 27.7 Å². The van der Waals surface area contributed by atoms with Gasteiger partial charge in [0.15, 0.2) is 0 Å². The van der Waals surface area contributed by atoms with Crippen LogP contribution in [0.4, 0.5) is 0 Å². The van der Waals surface area contributed by atoms with Crippen molar-refractivity contribution in [1.29, 1.82) is 0 Å². The first-order chi connectivity index (χ1) is 6.98. The molecule has 0 aliphatic heterocycles.